The number of ether oxygens (including phenoxy) is 1. The smallest absolute Gasteiger partial charge is 0.264 e. The van der Waals surface area contributed by atoms with Crippen molar-refractivity contribution in [3.63, 3.8) is 0 Å². The van der Waals surface area contributed by atoms with E-state index in [9.17, 15) is 0 Å². The number of nitrogens with zero attached hydrogens (tertiary/aromatic N) is 5. The average molecular weight is 335 g/mol. The molecule has 0 aliphatic heterocycles. The van der Waals surface area contributed by atoms with Gasteiger partial charge in [0.05, 0.1) is 0 Å². The van der Waals surface area contributed by atoms with E-state index in [0.29, 0.717) is 11.7 Å². The van der Waals surface area contributed by atoms with Crippen molar-refractivity contribution in [2.45, 2.75) is 26.9 Å². The van der Waals surface area contributed by atoms with E-state index in [-0.39, 0.29) is 6.61 Å². The number of pyridine rings is 1. The first-order valence-electron chi connectivity index (χ1n) is 8.09. The van der Waals surface area contributed by atoms with Crippen LogP contribution < -0.4 is 4.74 Å². The fourth-order valence-corrected chi connectivity index (χ4v) is 2.59. The molecule has 4 aromatic rings. The number of hydrogen-bond donors (Lipinski definition) is 0. The predicted molar refractivity (Wildman–Crippen MR) is 91.2 cm³/mol. The molecule has 0 radical (unpaired) electrons. The fraction of sp³-hybridized carbons (Fsp3) is 0.222. The maximum absolute atomic E-state index is 5.69. The lowest BCUT2D eigenvalue weighted by atomic mass is 10.2. The van der Waals surface area contributed by atoms with Crippen molar-refractivity contribution in [3.8, 4) is 17.1 Å². The van der Waals surface area contributed by atoms with Crippen LogP contribution in [0.15, 0.2) is 47.1 Å². The molecule has 126 valence electrons. The van der Waals surface area contributed by atoms with Crippen LogP contribution in [0.4, 0.5) is 0 Å². The zero-order valence-electron chi connectivity index (χ0n) is 14.0. The molecular weight excluding hydrogens is 318 g/mol. The van der Waals surface area contributed by atoms with E-state index in [1.807, 2.05) is 60.8 Å². The van der Waals surface area contributed by atoms with Crippen LogP contribution in [0.3, 0.4) is 0 Å². The molecule has 0 amide bonds. The van der Waals surface area contributed by atoms with Crippen molar-refractivity contribution in [2.24, 2.45) is 0 Å². The lowest BCUT2D eigenvalue weighted by Gasteiger charge is -2.03. The standard InChI is InChI=1S/C18H17N5O2/c1-3-15-20-21-16-8-7-13(10-23(15)16)18-19-17(25-22-18)11-24-14-6-4-5-12(2)9-14/h4-10H,3,11H2,1-2H3. The molecule has 7 heteroatoms. The lowest BCUT2D eigenvalue weighted by molar-refractivity contribution is 0.243. The van der Waals surface area contributed by atoms with Crippen LogP contribution in [0.5, 0.6) is 5.75 Å². The Balaban J connectivity index is 1.54. The molecule has 0 saturated carbocycles. The molecule has 25 heavy (non-hydrogen) atoms. The molecule has 0 fully saturated rings. The third-order valence-electron chi connectivity index (χ3n) is 3.87. The van der Waals surface area contributed by atoms with E-state index in [0.717, 1.165) is 34.8 Å². The molecule has 3 aromatic heterocycles. The second kappa shape index (κ2) is 6.35. The van der Waals surface area contributed by atoms with E-state index in [1.165, 1.54) is 0 Å². The molecule has 0 atom stereocenters. The summed E-state index contributed by atoms with van der Waals surface area (Å²) in [4.78, 5) is 4.41. The Morgan fingerprint density at radius 3 is 2.92 bits per heavy atom. The van der Waals surface area contributed by atoms with Gasteiger partial charge in [0.2, 0.25) is 5.82 Å². The highest BCUT2D eigenvalue weighted by Crippen LogP contribution is 2.19. The number of benzene rings is 1. The van der Waals surface area contributed by atoms with Crippen molar-refractivity contribution in [1.82, 2.24) is 24.7 Å². The van der Waals surface area contributed by atoms with Gasteiger partial charge in [-0.25, -0.2) is 0 Å². The number of fused-ring (bicyclic) bond motifs is 1. The highest BCUT2D eigenvalue weighted by atomic mass is 16.5. The minimum Gasteiger partial charge on any atom is -0.484 e. The van der Waals surface area contributed by atoms with Crippen molar-refractivity contribution in [3.05, 3.63) is 59.9 Å². The summed E-state index contributed by atoms with van der Waals surface area (Å²) in [5.41, 5.74) is 2.78. The van der Waals surface area contributed by atoms with Crippen LogP contribution in [-0.2, 0) is 13.0 Å². The first-order chi connectivity index (χ1) is 12.2. The Bertz CT molecular complexity index is 1020. The van der Waals surface area contributed by atoms with Crippen molar-refractivity contribution in [2.75, 3.05) is 0 Å². The van der Waals surface area contributed by atoms with Crippen molar-refractivity contribution in [1.29, 1.82) is 0 Å². The Labute approximate surface area is 144 Å². The molecule has 0 N–H and O–H groups in total. The summed E-state index contributed by atoms with van der Waals surface area (Å²) in [7, 11) is 0. The minimum atomic E-state index is 0.228. The van der Waals surface area contributed by atoms with Gasteiger partial charge in [0.15, 0.2) is 12.3 Å². The van der Waals surface area contributed by atoms with E-state index in [1.54, 1.807) is 0 Å². The molecule has 3 heterocycles. The zero-order valence-corrected chi connectivity index (χ0v) is 14.0. The Kier molecular flexibility index (Phi) is 3.89. The monoisotopic (exact) mass is 335 g/mol. The van der Waals surface area contributed by atoms with E-state index in [2.05, 4.69) is 20.3 Å². The topological polar surface area (TPSA) is 78.3 Å². The van der Waals surface area contributed by atoms with E-state index in [4.69, 9.17) is 9.26 Å². The molecule has 0 aliphatic carbocycles. The maximum atomic E-state index is 5.69. The van der Waals surface area contributed by atoms with Gasteiger partial charge >= 0.3 is 0 Å². The van der Waals surface area contributed by atoms with E-state index < -0.39 is 0 Å². The molecule has 0 saturated heterocycles. The van der Waals surface area contributed by atoms with Gasteiger partial charge in [0, 0.05) is 18.2 Å². The van der Waals surface area contributed by atoms with Gasteiger partial charge in [-0.2, -0.15) is 4.98 Å². The summed E-state index contributed by atoms with van der Waals surface area (Å²) in [5, 5.41) is 12.3. The quantitative estimate of drug-likeness (QED) is 0.557. The fourth-order valence-electron chi connectivity index (χ4n) is 2.59. The molecular formula is C18H17N5O2. The summed E-state index contributed by atoms with van der Waals surface area (Å²) in [6.07, 6.45) is 2.72. The summed E-state index contributed by atoms with van der Waals surface area (Å²) in [5.74, 6) is 2.61. The molecule has 7 nitrogen and oxygen atoms in total. The molecule has 4 rings (SSSR count). The summed E-state index contributed by atoms with van der Waals surface area (Å²) in [6.45, 7) is 4.28. The molecule has 1 aromatic carbocycles. The van der Waals surface area contributed by atoms with Gasteiger partial charge in [0.25, 0.3) is 5.89 Å². The normalized spacial score (nSPS) is 11.1. The van der Waals surface area contributed by atoms with Gasteiger partial charge in [-0.1, -0.05) is 24.2 Å². The van der Waals surface area contributed by atoms with Crippen molar-refractivity contribution >= 4 is 5.65 Å². The Morgan fingerprint density at radius 2 is 2.08 bits per heavy atom. The van der Waals surface area contributed by atoms with Crippen LogP contribution >= 0.6 is 0 Å². The van der Waals surface area contributed by atoms with Gasteiger partial charge in [-0.05, 0) is 36.8 Å². The first kappa shape index (κ1) is 15.3. The number of aromatic nitrogens is 5. The zero-order chi connectivity index (χ0) is 17.2. The van der Waals surface area contributed by atoms with Crippen LogP contribution in [0, 0.1) is 6.92 Å². The molecule has 0 spiro atoms. The number of aryl methyl sites for hydroxylation is 2. The SMILES string of the molecule is CCc1nnc2ccc(-c3noc(COc4cccc(C)c4)n3)cn12. The molecule has 0 bridgehead atoms. The third kappa shape index (κ3) is 3.08. The predicted octanol–water partition coefficient (Wildman–Crippen LogP) is 3.23. The van der Waals surface area contributed by atoms with Crippen LogP contribution in [0.2, 0.25) is 0 Å². The second-order valence-corrected chi connectivity index (χ2v) is 5.73. The first-order valence-corrected chi connectivity index (χ1v) is 8.09. The largest absolute Gasteiger partial charge is 0.484 e. The molecule has 0 unspecified atom stereocenters. The molecule has 0 aliphatic rings. The summed E-state index contributed by atoms with van der Waals surface area (Å²) in [6, 6.07) is 11.6. The van der Waals surface area contributed by atoms with Gasteiger partial charge in [0.1, 0.15) is 11.6 Å². The van der Waals surface area contributed by atoms with Gasteiger partial charge in [-0.15, -0.1) is 10.2 Å². The Morgan fingerprint density at radius 1 is 1.16 bits per heavy atom. The lowest BCUT2D eigenvalue weighted by Crippen LogP contribution is -1.96. The minimum absolute atomic E-state index is 0.228. The Hall–Kier alpha value is -3.22. The van der Waals surface area contributed by atoms with Gasteiger partial charge < -0.3 is 9.26 Å². The number of rotatable bonds is 5. The van der Waals surface area contributed by atoms with E-state index >= 15 is 0 Å². The average Bonchev–Trinajstić information content (AvgIpc) is 3.26. The van der Waals surface area contributed by atoms with Crippen molar-refractivity contribution < 1.29 is 9.26 Å². The summed E-state index contributed by atoms with van der Waals surface area (Å²) < 4.78 is 12.9. The van der Waals surface area contributed by atoms with Crippen LogP contribution in [0.25, 0.3) is 17.0 Å². The second-order valence-electron chi connectivity index (χ2n) is 5.73. The highest BCUT2D eigenvalue weighted by molar-refractivity contribution is 5.57. The number of hydrogen-bond acceptors (Lipinski definition) is 6. The van der Waals surface area contributed by atoms with Crippen LogP contribution in [-0.4, -0.2) is 24.7 Å². The third-order valence-corrected chi connectivity index (χ3v) is 3.87. The highest BCUT2D eigenvalue weighted by Gasteiger charge is 2.12. The maximum Gasteiger partial charge on any atom is 0.264 e. The van der Waals surface area contributed by atoms with Crippen LogP contribution in [0.1, 0.15) is 24.2 Å². The van der Waals surface area contributed by atoms with Gasteiger partial charge in [-0.3, -0.25) is 4.40 Å². The summed E-state index contributed by atoms with van der Waals surface area (Å²) >= 11 is 0.